The predicted octanol–water partition coefficient (Wildman–Crippen LogP) is 4.98. The lowest BCUT2D eigenvalue weighted by atomic mass is 10.2. The van der Waals surface area contributed by atoms with E-state index in [-0.39, 0.29) is 0 Å². The summed E-state index contributed by atoms with van der Waals surface area (Å²) in [5, 5.41) is 7.09. The average Bonchev–Trinajstić information content (AvgIpc) is 3.00. The summed E-state index contributed by atoms with van der Waals surface area (Å²) < 4.78 is 9.24. The van der Waals surface area contributed by atoms with Crippen LogP contribution in [0.3, 0.4) is 0 Å². The van der Waals surface area contributed by atoms with E-state index in [0.717, 1.165) is 40.0 Å². The molecular weight excluding hydrogens is 412 g/mol. The molecule has 1 heterocycles. The third-order valence-corrected chi connectivity index (χ3v) is 4.78. The first-order valence-electron chi connectivity index (χ1n) is 8.52. The molecule has 0 fully saturated rings. The van der Waals surface area contributed by atoms with Crippen molar-refractivity contribution in [2.75, 3.05) is 5.43 Å². The van der Waals surface area contributed by atoms with Crippen LogP contribution in [0.4, 0.5) is 0 Å². The standard InChI is InChI=1S/C19H21BrN4OS/c1-2-6-18-22-23-19(26)24(18)21-12-15-9-10-17(16(20)11-15)25-13-14-7-4-3-5-8-14/h3-5,7-11,21H,2,6,12-13H2,1H3,(H,23,26). The fourth-order valence-electron chi connectivity index (χ4n) is 2.56. The van der Waals surface area contributed by atoms with Crippen molar-refractivity contribution in [3.63, 3.8) is 0 Å². The SMILES string of the molecule is CCCc1n[nH]c(=S)n1NCc1ccc(OCc2ccccc2)c(Br)c1. The molecule has 0 aliphatic carbocycles. The lowest BCUT2D eigenvalue weighted by Gasteiger charge is -2.12. The summed E-state index contributed by atoms with van der Waals surface area (Å²) in [4.78, 5) is 0. The lowest BCUT2D eigenvalue weighted by molar-refractivity contribution is 0.304. The number of hydrogen-bond acceptors (Lipinski definition) is 4. The number of nitrogens with one attached hydrogen (secondary N) is 2. The number of benzene rings is 2. The van der Waals surface area contributed by atoms with Crippen molar-refractivity contribution in [2.24, 2.45) is 0 Å². The van der Waals surface area contributed by atoms with Gasteiger partial charge in [0.1, 0.15) is 12.4 Å². The van der Waals surface area contributed by atoms with Crippen LogP contribution in [0, 0.1) is 4.77 Å². The van der Waals surface area contributed by atoms with Gasteiger partial charge in [0.25, 0.3) is 0 Å². The van der Waals surface area contributed by atoms with Crippen LogP contribution in [0.1, 0.15) is 30.3 Å². The van der Waals surface area contributed by atoms with E-state index < -0.39 is 0 Å². The number of aryl methyl sites for hydroxylation is 1. The third-order valence-electron chi connectivity index (χ3n) is 3.89. The first kappa shape index (κ1) is 18.7. The predicted molar refractivity (Wildman–Crippen MR) is 109 cm³/mol. The molecule has 1 aromatic heterocycles. The zero-order chi connectivity index (χ0) is 18.4. The van der Waals surface area contributed by atoms with Gasteiger partial charge < -0.3 is 10.2 Å². The summed E-state index contributed by atoms with van der Waals surface area (Å²) in [5.41, 5.74) is 5.59. The van der Waals surface area contributed by atoms with Gasteiger partial charge in [0.2, 0.25) is 4.77 Å². The van der Waals surface area contributed by atoms with Gasteiger partial charge in [-0.05, 0) is 57.8 Å². The van der Waals surface area contributed by atoms with Crippen LogP contribution in [-0.2, 0) is 19.6 Å². The van der Waals surface area contributed by atoms with Crippen LogP contribution in [0.15, 0.2) is 53.0 Å². The molecule has 0 unspecified atom stereocenters. The van der Waals surface area contributed by atoms with E-state index in [9.17, 15) is 0 Å². The minimum atomic E-state index is 0.543. The van der Waals surface area contributed by atoms with Crippen molar-refractivity contribution in [1.29, 1.82) is 0 Å². The largest absolute Gasteiger partial charge is 0.488 e. The highest BCUT2D eigenvalue weighted by atomic mass is 79.9. The second-order valence-corrected chi connectivity index (χ2v) is 7.15. The number of ether oxygens (including phenoxy) is 1. The highest BCUT2D eigenvalue weighted by molar-refractivity contribution is 9.10. The monoisotopic (exact) mass is 432 g/mol. The maximum absolute atomic E-state index is 5.89. The van der Waals surface area contributed by atoms with Crippen LogP contribution in [0.2, 0.25) is 0 Å². The molecule has 0 atom stereocenters. The van der Waals surface area contributed by atoms with E-state index in [2.05, 4.69) is 56.7 Å². The fourth-order valence-corrected chi connectivity index (χ4v) is 3.32. The Morgan fingerprint density at radius 2 is 2.00 bits per heavy atom. The highest BCUT2D eigenvalue weighted by Gasteiger charge is 2.07. The van der Waals surface area contributed by atoms with Crippen LogP contribution in [-0.4, -0.2) is 14.9 Å². The summed E-state index contributed by atoms with van der Waals surface area (Å²) in [6, 6.07) is 16.2. The molecule has 26 heavy (non-hydrogen) atoms. The molecule has 7 heteroatoms. The second kappa shape index (κ2) is 9.00. The molecule has 136 valence electrons. The maximum atomic E-state index is 5.89. The number of nitrogens with zero attached hydrogens (tertiary/aromatic N) is 2. The smallest absolute Gasteiger partial charge is 0.214 e. The second-order valence-electron chi connectivity index (χ2n) is 5.90. The molecule has 0 radical (unpaired) electrons. The molecule has 0 saturated carbocycles. The van der Waals surface area contributed by atoms with E-state index in [4.69, 9.17) is 17.0 Å². The summed E-state index contributed by atoms with van der Waals surface area (Å²) in [6.07, 6.45) is 1.89. The Kier molecular flexibility index (Phi) is 6.46. The molecular formula is C19H21BrN4OS. The average molecular weight is 433 g/mol. The zero-order valence-electron chi connectivity index (χ0n) is 14.5. The van der Waals surface area contributed by atoms with Crippen molar-refractivity contribution in [3.05, 3.63) is 74.7 Å². The van der Waals surface area contributed by atoms with Crippen molar-refractivity contribution in [2.45, 2.75) is 32.9 Å². The van der Waals surface area contributed by atoms with Crippen LogP contribution in [0.25, 0.3) is 0 Å². The van der Waals surface area contributed by atoms with E-state index in [0.29, 0.717) is 17.9 Å². The van der Waals surface area contributed by atoms with Gasteiger partial charge in [-0.2, -0.15) is 5.10 Å². The van der Waals surface area contributed by atoms with Gasteiger partial charge >= 0.3 is 0 Å². The van der Waals surface area contributed by atoms with Crippen molar-refractivity contribution < 1.29 is 4.74 Å². The molecule has 3 rings (SSSR count). The van der Waals surface area contributed by atoms with Gasteiger partial charge in [-0.3, -0.25) is 5.10 Å². The number of aromatic nitrogens is 3. The number of hydrogen-bond donors (Lipinski definition) is 2. The summed E-state index contributed by atoms with van der Waals surface area (Å²) in [7, 11) is 0. The Balaban J connectivity index is 1.63. The minimum absolute atomic E-state index is 0.543. The molecule has 0 aliphatic rings. The Hall–Kier alpha value is -2.12. The van der Waals surface area contributed by atoms with Crippen molar-refractivity contribution >= 4 is 28.1 Å². The van der Waals surface area contributed by atoms with Crippen LogP contribution < -0.4 is 10.2 Å². The van der Waals surface area contributed by atoms with Gasteiger partial charge in [0, 0.05) is 6.42 Å². The molecule has 0 amide bonds. The maximum Gasteiger partial charge on any atom is 0.214 e. The number of aromatic amines is 1. The number of rotatable bonds is 8. The van der Waals surface area contributed by atoms with Gasteiger partial charge in [0.05, 0.1) is 11.0 Å². The van der Waals surface area contributed by atoms with Gasteiger partial charge in [-0.1, -0.05) is 43.3 Å². The normalized spacial score (nSPS) is 10.7. The topological polar surface area (TPSA) is 54.9 Å². The minimum Gasteiger partial charge on any atom is -0.488 e. The molecule has 2 aromatic carbocycles. The zero-order valence-corrected chi connectivity index (χ0v) is 16.9. The summed E-state index contributed by atoms with van der Waals surface area (Å²) in [6.45, 7) is 3.30. The molecule has 5 nitrogen and oxygen atoms in total. The summed E-state index contributed by atoms with van der Waals surface area (Å²) in [5.74, 6) is 1.74. The van der Waals surface area contributed by atoms with Crippen molar-refractivity contribution in [1.82, 2.24) is 14.9 Å². The van der Waals surface area contributed by atoms with E-state index in [1.165, 1.54) is 0 Å². The lowest BCUT2D eigenvalue weighted by Crippen LogP contribution is -2.17. The number of halogens is 1. The third kappa shape index (κ3) is 4.74. The molecule has 0 aliphatic heterocycles. The van der Waals surface area contributed by atoms with Gasteiger partial charge in [-0.25, -0.2) is 4.68 Å². The van der Waals surface area contributed by atoms with E-state index >= 15 is 0 Å². The quantitative estimate of drug-likeness (QED) is 0.492. The first-order valence-corrected chi connectivity index (χ1v) is 9.73. The first-order chi connectivity index (χ1) is 12.7. The Labute approximate surface area is 166 Å². The van der Waals surface area contributed by atoms with E-state index in [1.807, 2.05) is 35.0 Å². The number of H-pyrrole nitrogens is 1. The Morgan fingerprint density at radius 3 is 2.73 bits per heavy atom. The van der Waals surface area contributed by atoms with Crippen molar-refractivity contribution in [3.8, 4) is 5.75 Å². The molecule has 0 saturated heterocycles. The van der Waals surface area contributed by atoms with Crippen LogP contribution >= 0.6 is 28.1 Å². The Bertz CT molecular complexity index is 907. The molecule has 0 spiro atoms. The van der Waals surface area contributed by atoms with Gasteiger partial charge in [-0.15, -0.1) is 0 Å². The van der Waals surface area contributed by atoms with E-state index in [1.54, 1.807) is 0 Å². The molecule has 3 aromatic rings. The highest BCUT2D eigenvalue weighted by Crippen LogP contribution is 2.27. The molecule has 0 bridgehead atoms. The fraction of sp³-hybridized carbons (Fsp3) is 0.263. The van der Waals surface area contributed by atoms with Crippen LogP contribution in [0.5, 0.6) is 5.75 Å². The summed E-state index contributed by atoms with van der Waals surface area (Å²) >= 11 is 8.88. The Morgan fingerprint density at radius 1 is 1.19 bits per heavy atom. The van der Waals surface area contributed by atoms with Gasteiger partial charge in [0.15, 0.2) is 5.82 Å². The molecule has 2 N–H and O–H groups in total.